The summed E-state index contributed by atoms with van der Waals surface area (Å²) in [4.78, 5) is 12.3. The Kier molecular flexibility index (Phi) is 5.21. The highest BCUT2D eigenvalue weighted by atomic mass is 16.5. The van der Waals surface area contributed by atoms with Gasteiger partial charge in [0.05, 0.1) is 17.8 Å². The topological polar surface area (TPSA) is 35.5 Å². The van der Waals surface area contributed by atoms with Gasteiger partial charge in [-0.1, -0.05) is 36.4 Å². The number of hydrogen-bond acceptors (Lipinski definition) is 3. The molecule has 3 nitrogen and oxygen atoms in total. The Bertz CT molecular complexity index is 645. The molecule has 0 fully saturated rings. The average Bonchev–Trinajstić information content (AvgIpc) is 2.46. The van der Waals surface area contributed by atoms with Crippen molar-refractivity contribution in [1.82, 2.24) is 0 Å². The first kappa shape index (κ1) is 16.1. The predicted octanol–water partition coefficient (Wildman–Crippen LogP) is 4.71. The summed E-state index contributed by atoms with van der Waals surface area (Å²) in [6, 6.07) is 15.2. The lowest BCUT2D eigenvalue weighted by atomic mass is 9.99. The highest BCUT2D eigenvalue weighted by Crippen LogP contribution is 2.33. The van der Waals surface area contributed by atoms with E-state index in [1.165, 1.54) is 0 Å². The Labute approximate surface area is 131 Å². The summed E-state index contributed by atoms with van der Waals surface area (Å²) in [5.41, 5.74) is 2.27. The van der Waals surface area contributed by atoms with Gasteiger partial charge in [0, 0.05) is 5.56 Å². The van der Waals surface area contributed by atoms with Gasteiger partial charge in [-0.2, -0.15) is 0 Å². The summed E-state index contributed by atoms with van der Waals surface area (Å²) in [7, 11) is 0. The van der Waals surface area contributed by atoms with Crippen LogP contribution in [0.4, 0.5) is 0 Å². The number of rotatable bonds is 5. The SMILES string of the molecule is CC(C)OC(=O)c1ccccc1-c1ccccc1OC(C)C. The number of carbonyl (C=O) groups is 1. The van der Waals surface area contributed by atoms with Crippen LogP contribution in [0.2, 0.25) is 0 Å². The van der Waals surface area contributed by atoms with Gasteiger partial charge in [-0.05, 0) is 45.4 Å². The summed E-state index contributed by atoms with van der Waals surface area (Å²) >= 11 is 0. The van der Waals surface area contributed by atoms with Gasteiger partial charge >= 0.3 is 5.97 Å². The van der Waals surface area contributed by atoms with Crippen molar-refractivity contribution in [3.8, 4) is 16.9 Å². The quantitative estimate of drug-likeness (QED) is 0.750. The maximum Gasteiger partial charge on any atom is 0.339 e. The third-order valence-electron chi connectivity index (χ3n) is 3.03. The largest absolute Gasteiger partial charge is 0.490 e. The zero-order valence-electron chi connectivity index (χ0n) is 13.5. The molecule has 0 aliphatic carbocycles. The van der Waals surface area contributed by atoms with Gasteiger partial charge in [0.2, 0.25) is 0 Å². The zero-order valence-corrected chi connectivity index (χ0v) is 13.5. The number of ether oxygens (including phenoxy) is 2. The summed E-state index contributed by atoms with van der Waals surface area (Å²) in [6.45, 7) is 7.65. The van der Waals surface area contributed by atoms with Gasteiger partial charge in [-0.3, -0.25) is 0 Å². The molecule has 0 unspecified atom stereocenters. The predicted molar refractivity (Wildman–Crippen MR) is 88.2 cm³/mol. The van der Waals surface area contributed by atoms with E-state index >= 15 is 0 Å². The molecule has 0 heterocycles. The van der Waals surface area contributed by atoms with E-state index < -0.39 is 0 Å². The van der Waals surface area contributed by atoms with Crippen LogP contribution in [0.15, 0.2) is 48.5 Å². The maximum absolute atomic E-state index is 12.3. The Morgan fingerprint density at radius 2 is 1.41 bits per heavy atom. The molecule has 0 N–H and O–H groups in total. The highest BCUT2D eigenvalue weighted by Gasteiger charge is 2.17. The Morgan fingerprint density at radius 3 is 2.05 bits per heavy atom. The van der Waals surface area contributed by atoms with Crippen LogP contribution >= 0.6 is 0 Å². The Balaban J connectivity index is 2.48. The van der Waals surface area contributed by atoms with Crippen LogP contribution in [-0.2, 0) is 4.74 Å². The lowest BCUT2D eigenvalue weighted by Crippen LogP contribution is -2.13. The molecule has 2 rings (SSSR count). The molecule has 2 aromatic carbocycles. The number of hydrogen-bond donors (Lipinski definition) is 0. The molecule has 0 aliphatic heterocycles. The molecule has 0 saturated carbocycles. The molecule has 22 heavy (non-hydrogen) atoms. The molecule has 0 saturated heterocycles. The van der Waals surface area contributed by atoms with E-state index in [1.807, 2.05) is 70.2 Å². The monoisotopic (exact) mass is 298 g/mol. The van der Waals surface area contributed by atoms with Crippen molar-refractivity contribution in [1.29, 1.82) is 0 Å². The van der Waals surface area contributed by atoms with Crippen molar-refractivity contribution in [3.63, 3.8) is 0 Å². The van der Waals surface area contributed by atoms with Crippen molar-refractivity contribution < 1.29 is 14.3 Å². The van der Waals surface area contributed by atoms with Crippen LogP contribution in [0.3, 0.4) is 0 Å². The summed E-state index contributed by atoms with van der Waals surface area (Å²) < 4.78 is 11.2. The van der Waals surface area contributed by atoms with Crippen LogP contribution < -0.4 is 4.74 Å². The third kappa shape index (κ3) is 3.88. The van der Waals surface area contributed by atoms with Gasteiger partial charge in [0.1, 0.15) is 5.75 Å². The fourth-order valence-electron chi connectivity index (χ4n) is 2.22. The molecule has 3 heteroatoms. The minimum atomic E-state index is -0.315. The van der Waals surface area contributed by atoms with Crippen molar-refractivity contribution in [2.75, 3.05) is 0 Å². The molecule has 0 spiro atoms. The molecule has 0 aromatic heterocycles. The van der Waals surface area contributed by atoms with Crippen LogP contribution in [0, 0.1) is 0 Å². The van der Waals surface area contributed by atoms with Crippen LogP contribution in [0.5, 0.6) is 5.75 Å². The van der Waals surface area contributed by atoms with E-state index in [2.05, 4.69) is 0 Å². The fourth-order valence-corrected chi connectivity index (χ4v) is 2.22. The second-order valence-corrected chi connectivity index (χ2v) is 5.66. The average molecular weight is 298 g/mol. The van der Waals surface area contributed by atoms with Crippen molar-refractivity contribution >= 4 is 5.97 Å². The Hall–Kier alpha value is -2.29. The van der Waals surface area contributed by atoms with E-state index in [-0.39, 0.29) is 18.2 Å². The van der Waals surface area contributed by atoms with Crippen molar-refractivity contribution in [2.45, 2.75) is 39.9 Å². The summed E-state index contributed by atoms with van der Waals surface area (Å²) in [6.07, 6.45) is -0.0846. The third-order valence-corrected chi connectivity index (χ3v) is 3.03. The number of para-hydroxylation sites is 1. The first-order valence-corrected chi connectivity index (χ1v) is 7.55. The maximum atomic E-state index is 12.3. The minimum Gasteiger partial charge on any atom is -0.490 e. The minimum absolute atomic E-state index is 0.0657. The smallest absolute Gasteiger partial charge is 0.339 e. The van der Waals surface area contributed by atoms with E-state index in [4.69, 9.17) is 9.47 Å². The van der Waals surface area contributed by atoms with Crippen molar-refractivity contribution in [2.24, 2.45) is 0 Å². The van der Waals surface area contributed by atoms with E-state index in [0.29, 0.717) is 5.56 Å². The molecule has 0 atom stereocenters. The highest BCUT2D eigenvalue weighted by molar-refractivity contribution is 5.98. The second kappa shape index (κ2) is 7.12. The summed E-state index contributed by atoms with van der Waals surface area (Å²) in [5, 5.41) is 0. The molecule has 0 bridgehead atoms. The fraction of sp³-hybridized carbons (Fsp3) is 0.316. The lowest BCUT2D eigenvalue weighted by Gasteiger charge is -2.16. The van der Waals surface area contributed by atoms with Crippen LogP contribution in [0.1, 0.15) is 38.1 Å². The second-order valence-electron chi connectivity index (χ2n) is 5.66. The first-order valence-electron chi connectivity index (χ1n) is 7.55. The Morgan fingerprint density at radius 1 is 0.818 bits per heavy atom. The molecule has 0 aliphatic rings. The molecule has 0 radical (unpaired) electrons. The molecular weight excluding hydrogens is 276 g/mol. The number of esters is 1. The normalized spacial score (nSPS) is 10.8. The van der Waals surface area contributed by atoms with Crippen LogP contribution in [-0.4, -0.2) is 18.2 Å². The summed E-state index contributed by atoms with van der Waals surface area (Å²) in [5.74, 6) is 0.451. The van der Waals surface area contributed by atoms with Gasteiger partial charge in [0.15, 0.2) is 0 Å². The van der Waals surface area contributed by atoms with E-state index in [0.717, 1.165) is 16.9 Å². The van der Waals surface area contributed by atoms with Crippen LogP contribution in [0.25, 0.3) is 11.1 Å². The molecule has 116 valence electrons. The first-order chi connectivity index (χ1) is 10.5. The van der Waals surface area contributed by atoms with Gasteiger partial charge in [-0.15, -0.1) is 0 Å². The van der Waals surface area contributed by atoms with Gasteiger partial charge in [0.25, 0.3) is 0 Å². The van der Waals surface area contributed by atoms with Crippen molar-refractivity contribution in [3.05, 3.63) is 54.1 Å². The lowest BCUT2D eigenvalue weighted by molar-refractivity contribution is 0.0379. The standard InChI is InChI=1S/C19H22O3/c1-13(2)21-18-12-8-7-10-16(18)15-9-5-6-11-17(15)19(20)22-14(3)4/h5-14H,1-4H3. The molecule has 0 amide bonds. The van der Waals surface area contributed by atoms with Gasteiger partial charge < -0.3 is 9.47 Å². The number of benzene rings is 2. The van der Waals surface area contributed by atoms with E-state index in [9.17, 15) is 4.79 Å². The number of carbonyl (C=O) groups excluding carboxylic acids is 1. The molecular formula is C19H22O3. The zero-order chi connectivity index (χ0) is 16.1. The molecule has 2 aromatic rings. The van der Waals surface area contributed by atoms with E-state index in [1.54, 1.807) is 6.07 Å². The van der Waals surface area contributed by atoms with Gasteiger partial charge in [-0.25, -0.2) is 4.79 Å².